The lowest BCUT2D eigenvalue weighted by atomic mass is 10.2. The molecule has 4 heteroatoms. The molecule has 0 aliphatic rings. The van der Waals surface area contributed by atoms with Crippen molar-refractivity contribution in [1.82, 2.24) is 4.98 Å². The molecule has 0 saturated carbocycles. The third kappa shape index (κ3) is 2.91. The molecule has 2 rings (SSSR count). The van der Waals surface area contributed by atoms with Crippen LogP contribution in [0.15, 0.2) is 42.6 Å². The van der Waals surface area contributed by atoms with Gasteiger partial charge in [0.15, 0.2) is 0 Å². The molecule has 0 amide bonds. The number of aryl methyl sites for hydroxylation is 1. The van der Waals surface area contributed by atoms with Crippen molar-refractivity contribution >= 4 is 17.3 Å². The van der Waals surface area contributed by atoms with E-state index in [1.165, 1.54) is 11.6 Å². The van der Waals surface area contributed by atoms with Crippen LogP contribution in [0.3, 0.4) is 0 Å². The van der Waals surface area contributed by atoms with E-state index in [1.807, 2.05) is 26.0 Å². The van der Waals surface area contributed by atoms with E-state index >= 15 is 0 Å². The second-order valence-corrected chi connectivity index (χ2v) is 4.29. The van der Waals surface area contributed by atoms with Gasteiger partial charge in [-0.1, -0.05) is 17.7 Å². The van der Waals surface area contributed by atoms with Gasteiger partial charge in [-0.2, -0.15) is 0 Å². The molecule has 98 valence electrons. The first-order valence-electron chi connectivity index (χ1n) is 6.15. The van der Waals surface area contributed by atoms with Crippen molar-refractivity contribution < 1.29 is 9.90 Å². The normalized spacial score (nSPS) is 10.2. The number of nitrogens with zero attached hydrogens (tertiary/aromatic N) is 2. The van der Waals surface area contributed by atoms with E-state index in [4.69, 9.17) is 5.11 Å². The Morgan fingerprint density at radius 2 is 1.79 bits per heavy atom. The van der Waals surface area contributed by atoms with Crippen LogP contribution in [0.5, 0.6) is 0 Å². The van der Waals surface area contributed by atoms with E-state index < -0.39 is 5.97 Å². The summed E-state index contributed by atoms with van der Waals surface area (Å²) in [5, 5.41) is 8.84. The highest BCUT2D eigenvalue weighted by molar-refractivity contribution is 5.85. The highest BCUT2D eigenvalue weighted by Gasteiger charge is 2.09. The van der Waals surface area contributed by atoms with Crippen molar-refractivity contribution in [2.45, 2.75) is 13.8 Å². The molecule has 1 heterocycles. The fraction of sp³-hybridized carbons (Fsp3) is 0.200. The molecule has 0 aliphatic heterocycles. The zero-order valence-corrected chi connectivity index (χ0v) is 11.0. The van der Waals surface area contributed by atoms with Gasteiger partial charge in [0.2, 0.25) is 0 Å². The molecule has 1 N–H and O–H groups in total. The summed E-state index contributed by atoms with van der Waals surface area (Å²) in [4.78, 5) is 16.8. The Hall–Kier alpha value is -2.36. The molecule has 0 atom stereocenters. The fourth-order valence-electron chi connectivity index (χ4n) is 1.91. The summed E-state index contributed by atoms with van der Waals surface area (Å²) in [7, 11) is 0. The molecule has 19 heavy (non-hydrogen) atoms. The quantitative estimate of drug-likeness (QED) is 0.912. The van der Waals surface area contributed by atoms with Crippen LogP contribution in [0.25, 0.3) is 0 Å². The van der Waals surface area contributed by atoms with Gasteiger partial charge in [0.25, 0.3) is 0 Å². The fourth-order valence-corrected chi connectivity index (χ4v) is 1.91. The number of pyridine rings is 1. The van der Waals surface area contributed by atoms with Crippen LogP contribution in [-0.2, 0) is 0 Å². The minimum absolute atomic E-state index is 0.0590. The van der Waals surface area contributed by atoms with Gasteiger partial charge in [-0.25, -0.2) is 9.78 Å². The van der Waals surface area contributed by atoms with Crippen LogP contribution in [0.1, 0.15) is 23.0 Å². The largest absolute Gasteiger partial charge is 0.477 e. The summed E-state index contributed by atoms with van der Waals surface area (Å²) in [5.41, 5.74) is 3.22. The lowest BCUT2D eigenvalue weighted by Gasteiger charge is -2.23. The van der Waals surface area contributed by atoms with Crippen molar-refractivity contribution in [3.05, 3.63) is 53.9 Å². The second kappa shape index (κ2) is 5.52. The third-order valence-corrected chi connectivity index (χ3v) is 2.94. The molecule has 0 saturated heterocycles. The van der Waals surface area contributed by atoms with E-state index in [2.05, 4.69) is 22.0 Å². The van der Waals surface area contributed by atoms with Crippen molar-refractivity contribution in [2.75, 3.05) is 11.4 Å². The highest BCUT2D eigenvalue weighted by Crippen LogP contribution is 2.24. The Morgan fingerprint density at radius 1 is 1.16 bits per heavy atom. The maximum Gasteiger partial charge on any atom is 0.354 e. The average Bonchev–Trinajstić information content (AvgIpc) is 2.42. The van der Waals surface area contributed by atoms with Gasteiger partial charge >= 0.3 is 5.97 Å². The standard InChI is InChI=1S/C15H16N2O2/c1-3-17(12-6-4-11(2)5-7-12)13-8-9-14(15(18)19)16-10-13/h4-10H,3H2,1-2H3,(H,18,19). The molecule has 0 fully saturated rings. The van der Waals surface area contributed by atoms with Gasteiger partial charge in [0.05, 0.1) is 11.9 Å². The second-order valence-electron chi connectivity index (χ2n) is 4.29. The maximum absolute atomic E-state index is 10.8. The Morgan fingerprint density at radius 3 is 2.26 bits per heavy atom. The zero-order valence-electron chi connectivity index (χ0n) is 11.0. The van der Waals surface area contributed by atoms with Gasteiger partial charge in [0, 0.05) is 12.2 Å². The number of benzene rings is 1. The van der Waals surface area contributed by atoms with Gasteiger partial charge in [-0.3, -0.25) is 0 Å². The third-order valence-electron chi connectivity index (χ3n) is 2.94. The number of carboxylic acid groups (broad SMARTS) is 1. The van der Waals surface area contributed by atoms with Gasteiger partial charge in [-0.15, -0.1) is 0 Å². The first-order valence-corrected chi connectivity index (χ1v) is 6.15. The molecule has 0 bridgehead atoms. The Kier molecular flexibility index (Phi) is 3.80. The number of aromatic nitrogens is 1. The Labute approximate surface area is 112 Å². The molecule has 4 nitrogen and oxygen atoms in total. The lowest BCUT2D eigenvalue weighted by Crippen LogP contribution is -2.16. The number of hydrogen-bond donors (Lipinski definition) is 1. The van der Waals surface area contributed by atoms with Crippen molar-refractivity contribution in [3.63, 3.8) is 0 Å². The zero-order chi connectivity index (χ0) is 13.8. The van der Waals surface area contributed by atoms with Gasteiger partial charge in [0.1, 0.15) is 5.69 Å². The summed E-state index contributed by atoms with van der Waals surface area (Å²) in [6.07, 6.45) is 1.59. The van der Waals surface area contributed by atoms with Crippen molar-refractivity contribution in [2.24, 2.45) is 0 Å². The number of carbonyl (C=O) groups is 1. The SMILES string of the molecule is CCN(c1ccc(C)cc1)c1ccc(C(=O)O)nc1. The van der Waals surface area contributed by atoms with E-state index in [1.54, 1.807) is 12.3 Å². The van der Waals surface area contributed by atoms with Crippen LogP contribution in [0, 0.1) is 6.92 Å². The molecule has 0 aliphatic carbocycles. The summed E-state index contributed by atoms with van der Waals surface area (Å²) in [6, 6.07) is 11.5. The number of carboxylic acids is 1. The van der Waals surface area contributed by atoms with Crippen LogP contribution in [0.2, 0.25) is 0 Å². The maximum atomic E-state index is 10.8. The number of hydrogen-bond acceptors (Lipinski definition) is 3. The molecular weight excluding hydrogens is 240 g/mol. The highest BCUT2D eigenvalue weighted by atomic mass is 16.4. The first-order chi connectivity index (χ1) is 9.11. The first kappa shape index (κ1) is 13.1. The minimum Gasteiger partial charge on any atom is -0.477 e. The van der Waals surface area contributed by atoms with Crippen molar-refractivity contribution in [1.29, 1.82) is 0 Å². The van der Waals surface area contributed by atoms with Crippen LogP contribution >= 0.6 is 0 Å². The van der Waals surface area contributed by atoms with E-state index in [0.29, 0.717) is 0 Å². The molecule has 0 radical (unpaired) electrons. The number of rotatable bonds is 4. The van der Waals surface area contributed by atoms with E-state index in [-0.39, 0.29) is 5.69 Å². The predicted molar refractivity (Wildman–Crippen MR) is 75.1 cm³/mol. The van der Waals surface area contributed by atoms with Crippen LogP contribution in [0.4, 0.5) is 11.4 Å². The molecule has 0 spiro atoms. The average molecular weight is 256 g/mol. The smallest absolute Gasteiger partial charge is 0.354 e. The lowest BCUT2D eigenvalue weighted by molar-refractivity contribution is 0.0690. The minimum atomic E-state index is -1.01. The summed E-state index contributed by atoms with van der Waals surface area (Å²) < 4.78 is 0. The summed E-state index contributed by atoms with van der Waals surface area (Å²) >= 11 is 0. The number of anilines is 2. The van der Waals surface area contributed by atoms with Crippen molar-refractivity contribution in [3.8, 4) is 0 Å². The molecule has 1 aromatic carbocycles. The summed E-state index contributed by atoms with van der Waals surface area (Å²) in [5.74, 6) is -1.01. The van der Waals surface area contributed by atoms with E-state index in [9.17, 15) is 4.79 Å². The van der Waals surface area contributed by atoms with Gasteiger partial charge < -0.3 is 10.0 Å². The van der Waals surface area contributed by atoms with Crippen LogP contribution in [-0.4, -0.2) is 22.6 Å². The molecular formula is C15H16N2O2. The monoisotopic (exact) mass is 256 g/mol. The van der Waals surface area contributed by atoms with Crippen LogP contribution < -0.4 is 4.90 Å². The predicted octanol–water partition coefficient (Wildman–Crippen LogP) is 3.25. The Bertz CT molecular complexity index is 562. The molecule has 1 aromatic heterocycles. The molecule has 2 aromatic rings. The summed E-state index contributed by atoms with van der Waals surface area (Å²) in [6.45, 7) is 4.88. The van der Waals surface area contributed by atoms with E-state index in [0.717, 1.165) is 17.9 Å². The Balaban J connectivity index is 2.31. The number of aromatic carboxylic acids is 1. The topological polar surface area (TPSA) is 53.4 Å². The molecule has 0 unspecified atom stereocenters. The van der Waals surface area contributed by atoms with Gasteiger partial charge in [-0.05, 0) is 38.1 Å².